The molecule has 1 aromatic carbocycles. The smallest absolute Gasteiger partial charge is 0.338 e. The topological polar surface area (TPSA) is 105 Å². The zero-order valence-electron chi connectivity index (χ0n) is 17.6. The molecule has 1 aliphatic rings. The van der Waals surface area contributed by atoms with Gasteiger partial charge in [-0.05, 0) is 63.8 Å². The van der Waals surface area contributed by atoms with Gasteiger partial charge in [-0.2, -0.15) is 0 Å². The number of hydrogen-bond donors (Lipinski definition) is 2. The van der Waals surface area contributed by atoms with Crippen molar-refractivity contribution in [2.24, 2.45) is 5.92 Å². The Morgan fingerprint density at radius 2 is 1.76 bits per heavy atom. The van der Waals surface area contributed by atoms with Crippen molar-refractivity contribution in [2.45, 2.75) is 59.1 Å². The van der Waals surface area contributed by atoms with Gasteiger partial charge in [-0.15, -0.1) is 0 Å². The largest absolute Gasteiger partial charge is 0.459 e. The van der Waals surface area contributed by atoms with Crippen molar-refractivity contribution in [3.8, 4) is 0 Å². The molecule has 158 valence electrons. The number of benzene rings is 1. The summed E-state index contributed by atoms with van der Waals surface area (Å²) < 4.78 is 5.11. The van der Waals surface area contributed by atoms with Gasteiger partial charge in [-0.3, -0.25) is 14.5 Å². The van der Waals surface area contributed by atoms with Gasteiger partial charge < -0.3 is 15.4 Å². The summed E-state index contributed by atoms with van der Waals surface area (Å²) in [6.45, 7) is 8.92. The number of hydrogen-bond acceptors (Lipinski definition) is 5. The Kier molecular flexibility index (Phi) is 7.00. The number of carbonyl (C=O) groups is 4. The summed E-state index contributed by atoms with van der Waals surface area (Å²) in [5.41, 5.74) is -0.169. The van der Waals surface area contributed by atoms with E-state index in [1.165, 1.54) is 12.1 Å². The Morgan fingerprint density at radius 3 is 2.31 bits per heavy atom. The molecular formula is C21H29N3O5. The van der Waals surface area contributed by atoms with Gasteiger partial charge in [-0.1, -0.05) is 13.8 Å². The molecule has 1 saturated heterocycles. The minimum absolute atomic E-state index is 0.225. The third kappa shape index (κ3) is 5.79. The quantitative estimate of drug-likeness (QED) is 0.513. The van der Waals surface area contributed by atoms with Crippen LogP contribution in [0.25, 0.3) is 0 Å². The molecule has 8 nitrogen and oxygen atoms in total. The van der Waals surface area contributed by atoms with E-state index in [0.29, 0.717) is 23.6 Å². The Hall–Kier alpha value is -2.90. The van der Waals surface area contributed by atoms with Crippen LogP contribution in [-0.4, -0.2) is 46.9 Å². The number of amides is 4. The van der Waals surface area contributed by atoms with Crippen LogP contribution < -0.4 is 10.6 Å². The molecule has 1 aromatic rings. The molecule has 2 rings (SSSR count). The lowest BCUT2D eigenvalue weighted by atomic mass is 9.92. The fraction of sp³-hybridized carbons (Fsp3) is 0.524. The maximum absolute atomic E-state index is 12.7. The maximum atomic E-state index is 12.7. The molecule has 29 heavy (non-hydrogen) atoms. The van der Waals surface area contributed by atoms with E-state index < -0.39 is 29.4 Å². The maximum Gasteiger partial charge on any atom is 0.338 e. The van der Waals surface area contributed by atoms with Gasteiger partial charge in [0.05, 0.1) is 11.7 Å². The molecule has 0 aromatic heterocycles. The normalized spacial score (nSPS) is 18.9. The summed E-state index contributed by atoms with van der Waals surface area (Å²) in [7, 11) is 0. The predicted octanol–water partition coefficient (Wildman–Crippen LogP) is 2.94. The van der Waals surface area contributed by atoms with Gasteiger partial charge in [0.15, 0.2) is 0 Å². The average Bonchev–Trinajstić information content (AvgIpc) is 2.83. The molecule has 0 unspecified atom stereocenters. The van der Waals surface area contributed by atoms with E-state index in [-0.39, 0.29) is 12.6 Å². The van der Waals surface area contributed by atoms with Crippen molar-refractivity contribution in [1.82, 2.24) is 10.2 Å². The first-order chi connectivity index (χ1) is 13.5. The molecular weight excluding hydrogens is 374 g/mol. The number of carbonyl (C=O) groups excluding carboxylic acids is 4. The van der Waals surface area contributed by atoms with Crippen LogP contribution in [0.3, 0.4) is 0 Å². The fourth-order valence-electron chi connectivity index (χ4n) is 2.95. The molecule has 1 fully saturated rings. The molecule has 1 atom stereocenters. The van der Waals surface area contributed by atoms with E-state index in [9.17, 15) is 19.2 Å². The first kappa shape index (κ1) is 22.4. The van der Waals surface area contributed by atoms with E-state index in [2.05, 4.69) is 10.6 Å². The molecule has 4 amide bonds. The Bertz CT molecular complexity index is 788. The molecule has 8 heteroatoms. The van der Waals surface area contributed by atoms with Crippen molar-refractivity contribution >= 4 is 29.5 Å². The second kappa shape index (κ2) is 9.07. The second-order valence-electron chi connectivity index (χ2n) is 8.17. The first-order valence-corrected chi connectivity index (χ1v) is 9.77. The van der Waals surface area contributed by atoms with Gasteiger partial charge in [0.2, 0.25) is 5.91 Å². The fourth-order valence-corrected chi connectivity index (χ4v) is 2.95. The molecule has 2 N–H and O–H groups in total. The van der Waals surface area contributed by atoms with Crippen LogP contribution in [0.1, 0.15) is 57.8 Å². The van der Waals surface area contributed by atoms with Crippen LogP contribution in [0.15, 0.2) is 24.3 Å². The number of urea groups is 1. The van der Waals surface area contributed by atoms with E-state index in [4.69, 9.17) is 4.74 Å². The van der Waals surface area contributed by atoms with E-state index in [1.54, 1.807) is 32.9 Å². The number of nitrogens with zero attached hydrogens (tertiary/aromatic N) is 1. The summed E-state index contributed by atoms with van der Waals surface area (Å²) in [5.74, 6) is -0.947. The number of ether oxygens (including phenoxy) is 1. The highest BCUT2D eigenvalue weighted by Gasteiger charge is 2.47. The van der Waals surface area contributed by atoms with Crippen molar-refractivity contribution in [3.05, 3.63) is 29.8 Å². The summed E-state index contributed by atoms with van der Waals surface area (Å²) in [4.78, 5) is 50.0. The van der Waals surface area contributed by atoms with Gasteiger partial charge in [0, 0.05) is 5.69 Å². The van der Waals surface area contributed by atoms with Crippen molar-refractivity contribution in [3.63, 3.8) is 0 Å². The number of anilines is 1. The van der Waals surface area contributed by atoms with Crippen molar-refractivity contribution in [2.75, 3.05) is 11.9 Å². The highest BCUT2D eigenvalue weighted by atomic mass is 16.5. The van der Waals surface area contributed by atoms with Crippen LogP contribution in [0, 0.1) is 5.92 Å². The van der Waals surface area contributed by atoms with Gasteiger partial charge in [-0.25, -0.2) is 9.59 Å². The highest BCUT2D eigenvalue weighted by Crippen LogP contribution is 2.24. The molecule has 1 aliphatic heterocycles. The van der Waals surface area contributed by atoms with Gasteiger partial charge in [0.1, 0.15) is 12.1 Å². The lowest BCUT2D eigenvalue weighted by Gasteiger charge is -2.22. The molecule has 0 bridgehead atoms. The predicted molar refractivity (Wildman–Crippen MR) is 108 cm³/mol. The molecule has 0 saturated carbocycles. The lowest BCUT2D eigenvalue weighted by Crippen LogP contribution is -2.44. The third-order valence-electron chi connectivity index (χ3n) is 4.62. The van der Waals surface area contributed by atoms with Gasteiger partial charge >= 0.3 is 12.0 Å². The second-order valence-corrected chi connectivity index (χ2v) is 8.17. The molecule has 1 heterocycles. The van der Waals surface area contributed by atoms with E-state index in [1.807, 2.05) is 13.8 Å². The van der Waals surface area contributed by atoms with Crippen LogP contribution >= 0.6 is 0 Å². The minimum Gasteiger partial charge on any atom is -0.459 e. The summed E-state index contributed by atoms with van der Waals surface area (Å²) in [5, 5.41) is 5.33. The number of imide groups is 1. The van der Waals surface area contributed by atoms with Crippen LogP contribution in [0.4, 0.5) is 10.5 Å². The highest BCUT2D eigenvalue weighted by molar-refractivity contribution is 6.09. The Morgan fingerprint density at radius 1 is 1.14 bits per heavy atom. The Labute approximate surface area is 171 Å². The van der Waals surface area contributed by atoms with Crippen molar-refractivity contribution in [1.29, 1.82) is 0 Å². The monoisotopic (exact) mass is 403 g/mol. The zero-order valence-corrected chi connectivity index (χ0v) is 17.6. The average molecular weight is 403 g/mol. The summed E-state index contributed by atoms with van der Waals surface area (Å²) >= 11 is 0. The SMILES string of the molecule is CC(C)CC[C@@]1(C)NC(=O)N(CC(=O)Nc2ccc(C(=O)OC(C)C)cc2)C1=O. The minimum atomic E-state index is -0.986. The van der Waals surface area contributed by atoms with Gasteiger partial charge in [0.25, 0.3) is 5.91 Å². The van der Waals surface area contributed by atoms with E-state index in [0.717, 1.165) is 11.3 Å². The first-order valence-electron chi connectivity index (χ1n) is 9.77. The third-order valence-corrected chi connectivity index (χ3v) is 4.62. The standard InChI is InChI=1S/C21H29N3O5/c1-13(2)10-11-21(5)19(27)24(20(28)23-21)12-17(25)22-16-8-6-15(7-9-16)18(26)29-14(3)4/h6-9,13-14H,10-12H2,1-5H3,(H,22,25)(H,23,28)/t21-/m1/s1. The van der Waals surface area contributed by atoms with Crippen LogP contribution in [-0.2, 0) is 14.3 Å². The summed E-state index contributed by atoms with van der Waals surface area (Å²) in [6, 6.07) is 5.64. The Balaban J connectivity index is 1.96. The van der Waals surface area contributed by atoms with Crippen molar-refractivity contribution < 1.29 is 23.9 Å². The van der Waals surface area contributed by atoms with Crippen LogP contribution in [0.5, 0.6) is 0 Å². The lowest BCUT2D eigenvalue weighted by molar-refractivity contribution is -0.133. The summed E-state index contributed by atoms with van der Waals surface area (Å²) in [6.07, 6.45) is 1.08. The number of rotatable bonds is 8. The van der Waals surface area contributed by atoms with Crippen LogP contribution in [0.2, 0.25) is 0 Å². The molecule has 0 spiro atoms. The zero-order chi connectivity index (χ0) is 21.8. The molecule has 0 radical (unpaired) electrons. The molecule has 0 aliphatic carbocycles. The number of nitrogens with one attached hydrogen (secondary N) is 2. The van der Waals surface area contributed by atoms with E-state index >= 15 is 0 Å². The number of esters is 1.